The van der Waals surface area contributed by atoms with Gasteiger partial charge in [0.1, 0.15) is 11.8 Å². The van der Waals surface area contributed by atoms with Crippen LogP contribution in [0, 0.1) is 22.0 Å². The van der Waals surface area contributed by atoms with E-state index in [1.807, 2.05) is 0 Å². The molecule has 0 radical (unpaired) electrons. The van der Waals surface area contributed by atoms with Crippen molar-refractivity contribution >= 4 is 24.6 Å². The number of nitro groups is 1. The number of aldehydes is 1. The fourth-order valence-electron chi connectivity index (χ4n) is 1.01. The van der Waals surface area contributed by atoms with Crippen molar-refractivity contribution in [2.45, 2.75) is 0 Å². The van der Waals surface area contributed by atoms with Gasteiger partial charge in [-0.15, -0.1) is 0 Å². The third-order valence-corrected chi connectivity index (χ3v) is 1.81. The van der Waals surface area contributed by atoms with Crippen LogP contribution >= 0.6 is 12.6 Å². The van der Waals surface area contributed by atoms with Crippen molar-refractivity contribution < 1.29 is 9.72 Å². The van der Waals surface area contributed by atoms with Gasteiger partial charge in [-0.2, -0.15) is 12.6 Å². The Hall–Kier alpha value is -1.80. The second-order valence-electron chi connectivity index (χ2n) is 2.61. The van der Waals surface area contributed by atoms with E-state index in [1.165, 1.54) is 18.2 Å². The Morgan fingerprint density at radius 2 is 2.27 bits per heavy atom. The second-order valence-corrected chi connectivity index (χ2v) is 2.93. The zero-order valence-electron chi connectivity index (χ0n) is 7.64. The van der Waals surface area contributed by atoms with E-state index in [0.717, 1.165) is 0 Å². The predicted molar refractivity (Wildman–Crippen MR) is 59.2 cm³/mol. The lowest BCUT2D eigenvalue weighted by Gasteiger charge is -1.96. The number of hydrogen-bond donors (Lipinski definition) is 1. The van der Waals surface area contributed by atoms with Crippen LogP contribution in [0.5, 0.6) is 0 Å². The molecule has 0 aliphatic heterocycles. The Labute approximate surface area is 91.9 Å². The standard InChI is InChI=1S/C10H7NO3S/c12-7-8-3-4-9(2-1-5-15)10(6-8)11(13)14/h3-4,6-7,15H,5H2. The molecular formula is C10H7NO3S. The summed E-state index contributed by atoms with van der Waals surface area (Å²) in [6.07, 6.45) is 0.558. The molecule has 0 aliphatic rings. The molecule has 0 saturated carbocycles. The van der Waals surface area contributed by atoms with E-state index in [2.05, 4.69) is 24.5 Å². The molecule has 1 aromatic carbocycles. The number of carbonyl (C=O) groups is 1. The van der Waals surface area contributed by atoms with Crippen LogP contribution in [0.25, 0.3) is 0 Å². The van der Waals surface area contributed by atoms with Gasteiger partial charge in [-0.05, 0) is 12.1 Å². The molecule has 0 unspecified atom stereocenters. The van der Waals surface area contributed by atoms with Gasteiger partial charge in [0.2, 0.25) is 0 Å². The van der Waals surface area contributed by atoms with Crippen LogP contribution in [0.4, 0.5) is 5.69 Å². The minimum atomic E-state index is -0.560. The monoisotopic (exact) mass is 221 g/mol. The van der Waals surface area contributed by atoms with Crippen LogP contribution in [-0.2, 0) is 0 Å². The number of rotatable bonds is 2. The van der Waals surface area contributed by atoms with Gasteiger partial charge in [0.05, 0.1) is 10.7 Å². The third-order valence-electron chi connectivity index (χ3n) is 1.66. The van der Waals surface area contributed by atoms with Gasteiger partial charge in [-0.25, -0.2) is 0 Å². The minimum Gasteiger partial charge on any atom is -0.298 e. The summed E-state index contributed by atoms with van der Waals surface area (Å²) in [5.74, 6) is 5.56. The molecule has 0 bridgehead atoms. The average molecular weight is 221 g/mol. The highest BCUT2D eigenvalue weighted by Gasteiger charge is 2.12. The first-order valence-corrected chi connectivity index (χ1v) is 4.65. The normalized spacial score (nSPS) is 8.87. The van der Waals surface area contributed by atoms with Gasteiger partial charge in [-0.3, -0.25) is 14.9 Å². The molecule has 0 amide bonds. The van der Waals surface area contributed by atoms with Crippen LogP contribution in [0.15, 0.2) is 18.2 Å². The van der Waals surface area contributed by atoms with Crippen molar-refractivity contribution in [3.05, 3.63) is 39.4 Å². The molecule has 0 heterocycles. The Bertz CT molecular complexity index is 459. The fraction of sp³-hybridized carbons (Fsp3) is 0.100. The molecule has 0 saturated heterocycles. The van der Waals surface area contributed by atoms with Crippen LogP contribution in [0.3, 0.4) is 0 Å². The smallest absolute Gasteiger partial charge is 0.285 e. The SMILES string of the molecule is O=Cc1ccc(C#CCS)c([N+](=O)[O-])c1. The zero-order valence-corrected chi connectivity index (χ0v) is 8.53. The van der Waals surface area contributed by atoms with E-state index in [0.29, 0.717) is 17.6 Å². The molecule has 15 heavy (non-hydrogen) atoms. The van der Waals surface area contributed by atoms with Crippen molar-refractivity contribution in [1.29, 1.82) is 0 Å². The number of benzene rings is 1. The van der Waals surface area contributed by atoms with Crippen LogP contribution in [0.1, 0.15) is 15.9 Å². The number of thiol groups is 1. The van der Waals surface area contributed by atoms with E-state index in [4.69, 9.17) is 0 Å². The predicted octanol–water partition coefficient (Wildman–Crippen LogP) is 1.69. The molecule has 1 aromatic rings. The van der Waals surface area contributed by atoms with Crippen molar-refractivity contribution in [3.63, 3.8) is 0 Å². The highest BCUT2D eigenvalue weighted by molar-refractivity contribution is 7.80. The summed E-state index contributed by atoms with van der Waals surface area (Å²) in [6, 6.07) is 4.15. The van der Waals surface area contributed by atoms with E-state index < -0.39 is 4.92 Å². The molecule has 0 fully saturated rings. The first-order chi connectivity index (χ1) is 7.19. The quantitative estimate of drug-likeness (QED) is 0.272. The maximum Gasteiger partial charge on any atom is 0.285 e. The zero-order chi connectivity index (χ0) is 11.3. The first-order valence-electron chi connectivity index (χ1n) is 4.02. The van der Waals surface area contributed by atoms with Crippen LogP contribution < -0.4 is 0 Å². The van der Waals surface area contributed by atoms with E-state index in [-0.39, 0.29) is 11.3 Å². The summed E-state index contributed by atoms with van der Waals surface area (Å²) < 4.78 is 0. The maximum absolute atomic E-state index is 10.7. The molecular weight excluding hydrogens is 214 g/mol. The minimum absolute atomic E-state index is 0.158. The highest BCUT2D eigenvalue weighted by atomic mass is 32.1. The summed E-state index contributed by atoms with van der Waals surface area (Å²) in [5, 5.41) is 10.7. The van der Waals surface area contributed by atoms with Crippen molar-refractivity contribution in [3.8, 4) is 11.8 Å². The average Bonchev–Trinajstić information content (AvgIpc) is 2.26. The summed E-state index contributed by atoms with van der Waals surface area (Å²) in [6.45, 7) is 0. The second kappa shape index (κ2) is 5.17. The summed E-state index contributed by atoms with van der Waals surface area (Å²) >= 11 is 3.88. The lowest BCUT2D eigenvalue weighted by Crippen LogP contribution is -1.94. The third kappa shape index (κ3) is 2.82. The van der Waals surface area contributed by atoms with E-state index in [1.54, 1.807) is 0 Å². The van der Waals surface area contributed by atoms with Gasteiger partial charge in [0, 0.05) is 11.6 Å². The largest absolute Gasteiger partial charge is 0.298 e. The first kappa shape index (κ1) is 11.3. The Morgan fingerprint density at radius 1 is 1.53 bits per heavy atom. The Morgan fingerprint density at radius 3 is 2.80 bits per heavy atom. The lowest BCUT2D eigenvalue weighted by molar-refractivity contribution is -0.385. The van der Waals surface area contributed by atoms with Gasteiger partial charge in [-0.1, -0.05) is 11.8 Å². The van der Waals surface area contributed by atoms with Gasteiger partial charge in [0.25, 0.3) is 5.69 Å². The molecule has 4 nitrogen and oxygen atoms in total. The summed E-state index contributed by atoms with van der Waals surface area (Å²) in [5.41, 5.74) is 0.395. The van der Waals surface area contributed by atoms with Gasteiger partial charge in [0.15, 0.2) is 0 Å². The van der Waals surface area contributed by atoms with Gasteiger partial charge >= 0.3 is 0 Å². The Kier molecular flexibility index (Phi) is 3.89. The van der Waals surface area contributed by atoms with Crippen molar-refractivity contribution in [1.82, 2.24) is 0 Å². The molecule has 0 atom stereocenters. The number of hydrogen-bond acceptors (Lipinski definition) is 4. The Balaban J connectivity index is 3.27. The molecule has 5 heteroatoms. The molecule has 1 rings (SSSR count). The van der Waals surface area contributed by atoms with Crippen LogP contribution in [0.2, 0.25) is 0 Å². The van der Waals surface area contributed by atoms with Crippen LogP contribution in [-0.4, -0.2) is 17.0 Å². The number of nitro benzene ring substituents is 1. The maximum atomic E-state index is 10.7. The molecule has 0 N–H and O–H groups in total. The summed E-state index contributed by atoms with van der Waals surface area (Å²) in [4.78, 5) is 20.5. The van der Waals surface area contributed by atoms with Crippen molar-refractivity contribution in [2.75, 3.05) is 5.75 Å². The number of nitrogens with zero attached hydrogens (tertiary/aromatic N) is 1. The molecule has 0 spiro atoms. The topological polar surface area (TPSA) is 60.2 Å². The highest BCUT2D eigenvalue weighted by Crippen LogP contribution is 2.18. The summed E-state index contributed by atoms with van der Waals surface area (Å²) in [7, 11) is 0. The van der Waals surface area contributed by atoms with E-state index >= 15 is 0 Å². The van der Waals surface area contributed by atoms with Crippen molar-refractivity contribution in [2.24, 2.45) is 0 Å². The molecule has 0 aliphatic carbocycles. The lowest BCUT2D eigenvalue weighted by atomic mass is 10.1. The van der Waals surface area contributed by atoms with E-state index in [9.17, 15) is 14.9 Å². The number of carbonyl (C=O) groups excluding carboxylic acids is 1. The molecule has 0 aromatic heterocycles. The van der Waals surface area contributed by atoms with Gasteiger partial charge < -0.3 is 0 Å². The fourth-order valence-corrected chi connectivity index (χ4v) is 1.09. The molecule has 76 valence electrons.